The molecule has 0 spiro atoms. The maximum Gasteiger partial charge on any atom is 0.377 e. The van der Waals surface area contributed by atoms with Crippen molar-refractivity contribution in [1.29, 1.82) is 0 Å². The van der Waals surface area contributed by atoms with E-state index in [1.807, 2.05) is 0 Å². The number of hydrogen-bond donors (Lipinski definition) is 1. The first-order chi connectivity index (χ1) is 7.58. The van der Waals surface area contributed by atoms with Crippen molar-refractivity contribution in [3.05, 3.63) is 35.4 Å². The molecule has 82 valence electrons. The van der Waals surface area contributed by atoms with Gasteiger partial charge >= 0.3 is 5.97 Å². The zero-order valence-corrected chi connectivity index (χ0v) is 8.27. The Morgan fingerprint density at radius 2 is 2.25 bits per heavy atom. The monoisotopic (exact) mass is 222 g/mol. The molecule has 0 aliphatic carbocycles. The predicted octanol–water partition coefficient (Wildman–Crippen LogP) is 1.88. The molecule has 5 nitrogen and oxygen atoms in total. The normalized spacial score (nSPS) is 10.4. The van der Waals surface area contributed by atoms with E-state index in [4.69, 9.17) is 9.63 Å². The number of benzene rings is 1. The molecule has 1 aromatic heterocycles. The van der Waals surface area contributed by atoms with E-state index in [0.717, 1.165) is 0 Å². The Kier molecular flexibility index (Phi) is 2.40. The van der Waals surface area contributed by atoms with Crippen molar-refractivity contribution in [2.45, 2.75) is 6.92 Å². The van der Waals surface area contributed by atoms with Gasteiger partial charge in [0.15, 0.2) is 0 Å². The molecule has 0 saturated heterocycles. The van der Waals surface area contributed by atoms with Gasteiger partial charge in [0, 0.05) is 5.56 Å². The molecule has 0 radical (unpaired) electrons. The van der Waals surface area contributed by atoms with Gasteiger partial charge in [0.2, 0.25) is 0 Å². The van der Waals surface area contributed by atoms with E-state index >= 15 is 0 Å². The average molecular weight is 222 g/mol. The van der Waals surface area contributed by atoms with Crippen LogP contribution in [-0.2, 0) is 0 Å². The van der Waals surface area contributed by atoms with Crippen molar-refractivity contribution in [2.24, 2.45) is 0 Å². The van der Waals surface area contributed by atoms with Crippen LogP contribution in [0.2, 0.25) is 0 Å². The Morgan fingerprint density at radius 3 is 2.81 bits per heavy atom. The highest BCUT2D eigenvalue weighted by Crippen LogP contribution is 2.19. The highest BCUT2D eigenvalue weighted by atomic mass is 19.1. The summed E-state index contributed by atoms with van der Waals surface area (Å²) in [5.41, 5.74) is 0.838. The van der Waals surface area contributed by atoms with Crippen LogP contribution in [0.25, 0.3) is 11.5 Å². The number of aromatic nitrogens is 2. The van der Waals surface area contributed by atoms with Gasteiger partial charge in [-0.15, -0.1) is 0 Å². The van der Waals surface area contributed by atoms with Crippen molar-refractivity contribution in [3.8, 4) is 11.5 Å². The van der Waals surface area contributed by atoms with Crippen molar-refractivity contribution >= 4 is 5.97 Å². The molecular formula is C10H7FN2O3. The van der Waals surface area contributed by atoms with Crippen molar-refractivity contribution in [2.75, 3.05) is 0 Å². The molecule has 0 bridgehead atoms. The second kappa shape index (κ2) is 3.73. The summed E-state index contributed by atoms with van der Waals surface area (Å²) in [4.78, 5) is 14.1. The van der Waals surface area contributed by atoms with Gasteiger partial charge in [0.05, 0.1) is 0 Å². The Morgan fingerprint density at radius 1 is 1.50 bits per heavy atom. The van der Waals surface area contributed by atoms with E-state index in [1.165, 1.54) is 6.07 Å². The molecule has 0 fully saturated rings. The van der Waals surface area contributed by atoms with Crippen molar-refractivity contribution in [1.82, 2.24) is 10.1 Å². The van der Waals surface area contributed by atoms with E-state index in [-0.39, 0.29) is 5.89 Å². The Balaban J connectivity index is 2.42. The fourth-order valence-electron chi connectivity index (χ4n) is 1.15. The van der Waals surface area contributed by atoms with Gasteiger partial charge in [-0.2, -0.15) is 4.98 Å². The third-order valence-corrected chi connectivity index (χ3v) is 2.04. The predicted molar refractivity (Wildman–Crippen MR) is 51.4 cm³/mol. The number of aryl methyl sites for hydroxylation is 1. The molecule has 0 amide bonds. The van der Waals surface area contributed by atoms with Gasteiger partial charge in [-0.25, -0.2) is 9.18 Å². The number of carboxylic acid groups (broad SMARTS) is 1. The van der Waals surface area contributed by atoms with Gasteiger partial charge in [0.1, 0.15) is 5.82 Å². The zero-order valence-electron chi connectivity index (χ0n) is 8.27. The Bertz CT molecular complexity index is 551. The second-order valence-electron chi connectivity index (χ2n) is 3.19. The molecule has 1 aromatic carbocycles. The quantitative estimate of drug-likeness (QED) is 0.839. The molecule has 0 atom stereocenters. The molecule has 16 heavy (non-hydrogen) atoms. The minimum Gasteiger partial charge on any atom is -0.475 e. The lowest BCUT2D eigenvalue weighted by molar-refractivity contribution is 0.0680. The van der Waals surface area contributed by atoms with Crippen LogP contribution in [0.4, 0.5) is 4.39 Å². The maximum absolute atomic E-state index is 13.2. The van der Waals surface area contributed by atoms with E-state index in [9.17, 15) is 9.18 Å². The summed E-state index contributed by atoms with van der Waals surface area (Å²) in [6, 6.07) is 4.35. The van der Waals surface area contributed by atoms with Gasteiger partial charge < -0.3 is 9.63 Å². The molecule has 2 aromatic rings. The summed E-state index contributed by atoms with van der Waals surface area (Å²) in [7, 11) is 0. The first-order valence-electron chi connectivity index (χ1n) is 4.41. The third-order valence-electron chi connectivity index (χ3n) is 2.04. The number of aromatic carboxylic acids is 1. The smallest absolute Gasteiger partial charge is 0.377 e. The lowest BCUT2D eigenvalue weighted by Gasteiger charge is -1.97. The van der Waals surface area contributed by atoms with Crippen LogP contribution in [0, 0.1) is 12.7 Å². The molecule has 0 unspecified atom stereocenters. The topological polar surface area (TPSA) is 76.2 Å². The summed E-state index contributed by atoms with van der Waals surface area (Å²) in [5, 5.41) is 11.8. The molecule has 0 aliphatic rings. The lowest BCUT2D eigenvalue weighted by atomic mass is 10.1. The van der Waals surface area contributed by atoms with Crippen LogP contribution in [0.15, 0.2) is 22.7 Å². The SMILES string of the molecule is Cc1ccc(-c2nc(C(=O)O)no2)cc1F. The highest BCUT2D eigenvalue weighted by molar-refractivity contribution is 5.83. The largest absolute Gasteiger partial charge is 0.475 e. The van der Waals surface area contributed by atoms with Gasteiger partial charge in [0.25, 0.3) is 11.7 Å². The van der Waals surface area contributed by atoms with Crippen LogP contribution in [0.1, 0.15) is 16.2 Å². The standard InChI is InChI=1S/C10H7FN2O3/c1-5-2-3-6(4-7(5)11)9-12-8(10(14)15)13-16-9/h2-4H,1H3,(H,14,15). The number of halogens is 1. The molecule has 6 heteroatoms. The van der Waals surface area contributed by atoms with Crippen LogP contribution < -0.4 is 0 Å². The van der Waals surface area contributed by atoms with Crippen molar-refractivity contribution < 1.29 is 18.8 Å². The zero-order chi connectivity index (χ0) is 11.7. The number of hydrogen-bond acceptors (Lipinski definition) is 4. The highest BCUT2D eigenvalue weighted by Gasteiger charge is 2.14. The van der Waals surface area contributed by atoms with Crippen LogP contribution >= 0.6 is 0 Å². The molecule has 0 aliphatic heterocycles. The van der Waals surface area contributed by atoms with E-state index < -0.39 is 17.6 Å². The number of carbonyl (C=O) groups is 1. The molecule has 2 rings (SSSR count). The summed E-state index contributed by atoms with van der Waals surface area (Å²) < 4.78 is 17.9. The maximum atomic E-state index is 13.2. The van der Waals surface area contributed by atoms with Gasteiger partial charge in [-0.1, -0.05) is 6.07 Å². The molecule has 0 saturated carbocycles. The summed E-state index contributed by atoms with van der Waals surface area (Å²) in [6.45, 7) is 1.62. The second-order valence-corrected chi connectivity index (χ2v) is 3.19. The average Bonchev–Trinajstić information content (AvgIpc) is 2.71. The first kappa shape index (κ1) is 10.3. The van der Waals surface area contributed by atoms with E-state index in [1.54, 1.807) is 19.1 Å². The van der Waals surface area contributed by atoms with Crippen LogP contribution in [-0.4, -0.2) is 21.2 Å². The van der Waals surface area contributed by atoms with Crippen LogP contribution in [0.3, 0.4) is 0 Å². The Hall–Kier alpha value is -2.24. The molecule has 1 N–H and O–H groups in total. The summed E-state index contributed by atoms with van der Waals surface area (Å²) >= 11 is 0. The number of carboxylic acids is 1. The van der Waals surface area contributed by atoms with E-state index in [0.29, 0.717) is 11.1 Å². The first-order valence-corrected chi connectivity index (χ1v) is 4.41. The minimum absolute atomic E-state index is 0.0173. The Labute approximate surface area is 89.5 Å². The third kappa shape index (κ3) is 1.77. The van der Waals surface area contributed by atoms with E-state index in [2.05, 4.69) is 10.1 Å². The fourth-order valence-corrected chi connectivity index (χ4v) is 1.15. The lowest BCUT2D eigenvalue weighted by Crippen LogP contribution is -1.98. The fraction of sp³-hybridized carbons (Fsp3) is 0.100. The van der Waals surface area contributed by atoms with Gasteiger partial charge in [-0.3, -0.25) is 0 Å². The summed E-state index contributed by atoms with van der Waals surface area (Å²) in [5.74, 6) is -2.16. The minimum atomic E-state index is -1.29. The molecular weight excluding hydrogens is 215 g/mol. The molecule has 1 heterocycles. The number of nitrogens with zero attached hydrogens (tertiary/aromatic N) is 2. The van der Waals surface area contributed by atoms with Crippen LogP contribution in [0.5, 0.6) is 0 Å². The summed E-state index contributed by atoms with van der Waals surface area (Å²) in [6.07, 6.45) is 0. The van der Waals surface area contributed by atoms with Gasteiger partial charge in [-0.05, 0) is 29.8 Å². The van der Waals surface area contributed by atoms with Crippen molar-refractivity contribution in [3.63, 3.8) is 0 Å². The number of rotatable bonds is 2.